The summed E-state index contributed by atoms with van der Waals surface area (Å²) in [5, 5.41) is 3.65. The molecule has 7 heteroatoms. The lowest BCUT2D eigenvalue weighted by atomic mass is 10.2. The number of hydrogen-bond donors (Lipinski definition) is 3. The van der Waals surface area contributed by atoms with Gasteiger partial charge in [-0.2, -0.15) is 0 Å². The molecule has 0 aliphatic rings. The van der Waals surface area contributed by atoms with Crippen LogP contribution in [0.25, 0.3) is 0 Å². The third-order valence-corrected chi connectivity index (χ3v) is 3.86. The van der Waals surface area contributed by atoms with Gasteiger partial charge in [-0.25, -0.2) is 4.79 Å². The summed E-state index contributed by atoms with van der Waals surface area (Å²) in [6.45, 7) is 4.77. The number of esters is 1. The van der Waals surface area contributed by atoms with E-state index < -0.39 is 11.9 Å². The maximum absolute atomic E-state index is 11.8. The fourth-order valence-corrected chi connectivity index (χ4v) is 2.78. The molecule has 0 fully saturated rings. The van der Waals surface area contributed by atoms with Crippen LogP contribution in [0.1, 0.15) is 53.1 Å². The lowest BCUT2D eigenvalue weighted by Gasteiger charge is -2.04. The van der Waals surface area contributed by atoms with Crippen molar-refractivity contribution in [3.8, 4) is 0 Å². The maximum Gasteiger partial charge on any atom is 0.350 e. The van der Waals surface area contributed by atoms with E-state index in [-0.39, 0.29) is 22.7 Å². The number of anilines is 2. The van der Waals surface area contributed by atoms with Gasteiger partial charge in [0.25, 0.3) is 5.91 Å². The molecule has 0 unspecified atom stereocenters. The fourth-order valence-electron chi connectivity index (χ4n) is 1.74. The highest BCUT2D eigenvalue weighted by Crippen LogP contribution is 2.35. The molecule has 0 radical (unpaired) electrons. The lowest BCUT2D eigenvalue weighted by molar-refractivity contribution is 0.0533. The minimum absolute atomic E-state index is 0.0962. The van der Waals surface area contributed by atoms with Gasteiger partial charge in [0.2, 0.25) is 0 Å². The second kappa shape index (κ2) is 7.74. The van der Waals surface area contributed by atoms with Gasteiger partial charge in [-0.1, -0.05) is 19.8 Å². The van der Waals surface area contributed by atoms with Gasteiger partial charge >= 0.3 is 5.97 Å². The molecule has 0 aliphatic heterocycles. The van der Waals surface area contributed by atoms with Crippen molar-refractivity contribution >= 4 is 33.9 Å². The Kier molecular flexibility index (Phi) is 6.30. The number of nitrogens with one attached hydrogen (secondary N) is 1. The highest BCUT2D eigenvalue weighted by molar-refractivity contribution is 7.19. The number of unbranched alkanes of at least 4 members (excludes halogenated alkanes) is 2. The van der Waals surface area contributed by atoms with Crippen molar-refractivity contribution in [1.29, 1.82) is 0 Å². The Morgan fingerprint density at radius 2 is 2.00 bits per heavy atom. The van der Waals surface area contributed by atoms with Crippen molar-refractivity contribution in [3.05, 3.63) is 10.4 Å². The molecule has 0 saturated carbocycles. The molecule has 1 amide bonds. The molecule has 0 spiro atoms. The summed E-state index contributed by atoms with van der Waals surface area (Å²) in [6, 6.07) is 0. The van der Waals surface area contributed by atoms with E-state index in [9.17, 15) is 9.59 Å². The highest BCUT2D eigenvalue weighted by Gasteiger charge is 2.24. The molecule has 0 atom stereocenters. The molecule has 1 rings (SSSR count). The number of nitrogen functional groups attached to an aromatic ring is 1. The number of rotatable bonds is 8. The normalized spacial score (nSPS) is 10.3. The van der Waals surface area contributed by atoms with Crippen molar-refractivity contribution in [1.82, 2.24) is 0 Å². The highest BCUT2D eigenvalue weighted by atomic mass is 32.1. The Morgan fingerprint density at radius 3 is 2.55 bits per heavy atom. The molecule has 1 aromatic heterocycles. The molecule has 1 heterocycles. The molecule has 5 N–H and O–H groups in total. The molecule has 0 bridgehead atoms. The van der Waals surface area contributed by atoms with Crippen molar-refractivity contribution in [3.63, 3.8) is 0 Å². The summed E-state index contributed by atoms with van der Waals surface area (Å²) < 4.78 is 4.91. The number of thiophene rings is 1. The third kappa shape index (κ3) is 3.86. The first-order valence-corrected chi connectivity index (χ1v) is 7.47. The predicted molar refractivity (Wildman–Crippen MR) is 81.2 cm³/mol. The number of carbonyl (C=O) groups is 2. The molecule has 20 heavy (non-hydrogen) atoms. The summed E-state index contributed by atoms with van der Waals surface area (Å²) in [6.07, 6.45) is 3.16. The first-order chi connectivity index (χ1) is 9.52. The first kappa shape index (κ1) is 16.3. The van der Waals surface area contributed by atoms with E-state index in [1.807, 2.05) is 0 Å². The van der Waals surface area contributed by atoms with E-state index in [2.05, 4.69) is 12.2 Å². The van der Waals surface area contributed by atoms with E-state index in [0.717, 1.165) is 30.6 Å². The van der Waals surface area contributed by atoms with Crippen molar-refractivity contribution < 1.29 is 14.3 Å². The Bertz CT molecular complexity index is 485. The summed E-state index contributed by atoms with van der Waals surface area (Å²) in [5.74, 6) is -1.17. The fraction of sp³-hybridized carbons (Fsp3) is 0.538. The number of carbonyl (C=O) groups excluding carboxylic acids is 2. The van der Waals surface area contributed by atoms with Gasteiger partial charge in [0.1, 0.15) is 9.88 Å². The van der Waals surface area contributed by atoms with Gasteiger partial charge in [0, 0.05) is 6.54 Å². The summed E-state index contributed by atoms with van der Waals surface area (Å²) in [4.78, 5) is 23.5. The molecule has 0 aromatic carbocycles. The van der Waals surface area contributed by atoms with E-state index in [1.165, 1.54) is 0 Å². The van der Waals surface area contributed by atoms with Gasteiger partial charge in [-0.05, 0) is 13.3 Å². The molecular formula is C13H21N3O3S. The Labute approximate surface area is 122 Å². The average Bonchev–Trinajstić information content (AvgIpc) is 2.72. The van der Waals surface area contributed by atoms with Crippen LogP contribution < -0.4 is 16.8 Å². The molecule has 0 aliphatic carbocycles. The minimum atomic E-state index is -0.646. The third-order valence-electron chi connectivity index (χ3n) is 2.72. The molecular weight excluding hydrogens is 278 g/mol. The van der Waals surface area contributed by atoms with Crippen molar-refractivity contribution in [2.75, 3.05) is 24.2 Å². The zero-order valence-electron chi connectivity index (χ0n) is 11.8. The minimum Gasteiger partial charge on any atom is -0.462 e. The predicted octanol–water partition coefficient (Wildman–Crippen LogP) is 2.21. The van der Waals surface area contributed by atoms with Gasteiger partial charge in [-0.15, -0.1) is 11.3 Å². The average molecular weight is 299 g/mol. The Hall–Kier alpha value is -1.76. The monoisotopic (exact) mass is 299 g/mol. The maximum atomic E-state index is 11.8. The largest absolute Gasteiger partial charge is 0.462 e. The van der Waals surface area contributed by atoms with E-state index in [4.69, 9.17) is 16.2 Å². The van der Waals surface area contributed by atoms with E-state index in [1.54, 1.807) is 6.92 Å². The van der Waals surface area contributed by atoms with E-state index >= 15 is 0 Å². The number of hydrogen-bond acceptors (Lipinski definition) is 6. The van der Waals surface area contributed by atoms with Crippen LogP contribution in [0.3, 0.4) is 0 Å². The topological polar surface area (TPSA) is 107 Å². The van der Waals surface area contributed by atoms with Crippen molar-refractivity contribution in [2.45, 2.75) is 33.1 Å². The van der Waals surface area contributed by atoms with Crippen LogP contribution in [0.15, 0.2) is 0 Å². The van der Waals surface area contributed by atoms with Crippen LogP contribution in [0.4, 0.5) is 10.7 Å². The van der Waals surface area contributed by atoms with Crippen LogP contribution in [0.2, 0.25) is 0 Å². The smallest absolute Gasteiger partial charge is 0.350 e. The second-order valence-corrected chi connectivity index (χ2v) is 5.29. The standard InChI is InChI=1S/C13H21N3O3S/c1-3-5-6-7-16-12-8(11(15)17)9(14)10(20-12)13(18)19-4-2/h16H,3-7,14H2,1-2H3,(H2,15,17). The number of amides is 1. The zero-order chi connectivity index (χ0) is 15.1. The van der Waals surface area contributed by atoms with Crippen molar-refractivity contribution in [2.24, 2.45) is 5.73 Å². The van der Waals surface area contributed by atoms with Crippen LogP contribution in [0.5, 0.6) is 0 Å². The van der Waals surface area contributed by atoms with Gasteiger partial charge in [-0.3, -0.25) is 4.79 Å². The summed E-state index contributed by atoms with van der Waals surface area (Å²) >= 11 is 1.11. The van der Waals surface area contributed by atoms with Crippen LogP contribution >= 0.6 is 11.3 Å². The first-order valence-electron chi connectivity index (χ1n) is 6.65. The number of nitrogens with two attached hydrogens (primary N) is 2. The van der Waals surface area contributed by atoms with Crippen LogP contribution in [-0.4, -0.2) is 25.0 Å². The van der Waals surface area contributed by atoms with Gasteiger partial charge in [0.15, 0.2) is 0 Å². The number of ether oxygens (including phenoxy) is 1. The lowest BCUT2D eigenvalue weighted by Crippen LogP contribution is -2.15. The number of primary amides is 1. The van der Waals surface area contributed by atoms with Crippen LogP contribution in [0, 0.1) is 0 Å². The second-order valence-electron chi connectivity index (χ2n) is 4.27. The Balaban J connectivity index is 2.94. The zero-order valence-corrected chi connectivity index (χ0v) is 12.6. The van der Waals surface area contributed by atoms with E-state index in [0.29, 0.717) is 11.5 Å². The van der Waals surface area contributed by atoms with Crippen LogP contribution in [-0.2, 0) is 4.74 Å². The summed E-state index contributed by atoms with van der Waals surface area (Å²) in [5.41, 5.74) is 11.4. The summed E-state index contributed by atoms with van der Waals surface area (Å²) in [7, 11) is 0. The molecule has 112 valence electrons. The quantitative estimate of drug-likeness (QED) is 0.504. The Morgan fingerprint density at radius 1 is 1.30 bits per heavy atom. The van der Waals surface area contributed by atoms with Gasteiger partial charge in [0.05, 0.1) is 17.9 Å². The SMILES string of the molecule is CCCCCNc1sc(C(=O)OCC)c(N)c1C(N)=O. The molecule has 6 nitrogen and oxygen atoms in total. The molecule has 1 aromatic rings. The molecule has 0 saturated heterocycles. The van der Waals surface area contributed by atoms with Gasteiger partial charge < -0.3 is 21.5 Å².